The monoisotopic (exact) mass is 360 g/mol. The Bertz CT molecular complexity index is 972. The van der Waals surface area contributed by atoms with Crippen molar-refractivity contribution in [3.8, 4) is 11.5 Å². The molecule has 5 heteroatoms. The zero-order valence-electron chi connectivity index (χ0n) is 15.2. The number of nitrogens with one attached hydrogen (secondary N) is 1. The minimum Gasteiger partial charge on any atom is -0.493 e. The molecule has 4 rings (SSSR count). The Morgan fingerprint density at radius 3 is 2.33 bits per heavy atom. The lowest BCUT2D eigenvalue weighted by Crippen LogP contribution is -2.43. The van der Waals surface area contributed by atoms with Crippen LogP contribution in [0.4, 0.5) is 11.4 Å². The Morgan fingerprint density at radius 2 is 1.59 bits per heavy atom. The lowest BCUT2D eigenvalue weighted by atomic mass is 10.0. The van der Waals surface area contributed by atoms with E-state index in [0.29, 0.717) is 17.1 Å². The SMILES string of the molecule is COc1cccc(C2Nc3ccccc3C(=O)N2c2ccccc2)c1OC. The maximum absolute atomic E-state index is 13.4. The van der Waals surface area contributed by atoms with Crippen molar-refractivity contribution in [1.29, 1.82) is 0 Å². The standard InChI is InChI=1S/C22H20N2O3/c1-26-19-14-8-12-17(20(19)27-2)21-23-18-13-7-6-11-16(18)22(25)24(21)15-9-4-3-5-10-15/h3-14,21,23H,1-2H3. The summed E-state index contributed by atoms with van der Waals surface area (Å²) in [4.78, 5) is 15.1. The third kappa shape index (κ3) is 2.87. The molecule has 5 nitrogen and oxygen atoms in total. The first-order valence-corrected chi connectivity index (χ1v) is 8.69. The molecule has 1 aliphatic rings. The number of benzene rings is 3. The molecule has 0 aliphatic carbocycles. The van der Waals surface area contributed by atoms with Gasteiger partial charge in [0.25, 0.3) is 5.91 Å². The zero-order chi connectivity index (χ0) is 18.8. The van der Waals surface area contributed by atoms with Crippen LogP contribution >= 0.6 is 0 Å². The van der Waals surface area contributed by atoms with Gasteiger partial charge < -0.3 is 14.8 Å². The molecule has 27 heavy (non-hydrogen) atoms. The number of carbonyl (C=O) groups is 1. The largest absolute Gasteiger partial charge is 0.493 e. The van der Waals surface area contributed by atoms with Gasteiger partial charge in [-0.1, -0.05) is 42.5 Å². The fourth-order valence-electron chi connectivity index (χ4n) is 3.45. The predicted molar refractivity (Wildman–Crippen MR) is 106 cm³/mol. The van der Waals surface area contributed by atoms with Crippen molar-refractivity contribution >= 4 is 17.3 Å². The molecular weight excluding hydrogens is 340 g/mol. The Labute approximate surface area is 158 Å². The lowest BCUT2D eigenvalue weighted by Gasteiger charge is -2.38. The van der Waals surface area contributed by atoms with Crippen LogP contribution in [0.1, 0.15) is 22.1 Å². The van der Waals surface area contributed by atoms with E-state index in [9.17, 15) is 4.79 Å². The van der Waals surface area contributed by atoms with Gasteiger partial charge in [0.15, 0.2) is 11.5 Å². The second-order valence-corrected chi connectivity index (χ2v) is 6.19. The molecule has 0 saturated carbocycles. The molecule has 0 aromatic heterocycles. The van der Waals surface area contributed by atoms with Gasteiger partial charge in [0, 0.05) is 16.9 Å². The summed E-state index contributed by atoms with van der Waals surface area (Å²) in [6, 6.07) is 22.8. The fourth-order valence-corrected chi connectivity index (χ4v) is 3.45. The highest BCUT2D eigenvalue weighted by atomic mass is 16.5. The highest BCUT2D eigenvalue weighted by Gasteiger charge is 2.35. The number of nitrogens with zero attached hydrogens (tertiary/aromatic N) is 1. The average Bonchev–Trinajstić information content (AvgIpc) is 2.73. The van der Waals surface area contributed by atoms with Crippen molar-refractivity contribution in [3.63, 3.8) is 0 Å². The average molecular weight is 360 g/mol. The van der Waals surface area contributed by atoms with Crippen LogP contribution in [0.3, 0.4) is 0 Å². The summed E-state index contributed by atoms with van der Waals surface area (Å²) < 4.78 is 11.1. The van der Waals surface area contributed by atoms with Crippen LogP contribution in [-0.2, 0) is 0 Å². The van der Waals surface area contributed by atoms with E-state index in [-0.39, 0.29) is 5.91 Å². The summed E-state index contributed by atoms with van der Waals surface area (Å²) in [5, 5.41) is 3.49. The Balaban J connectivity index is 1.91. The Hall–Kier alpha value is -3.47. The normalized spacial score (nSPS) is 15.7. The van der Waals surface area contributed by atoms with Crippen LogP contribution in [0.25, 0.3) is 0 Å². The Kier molecular flexibility index (Phi) is 4.42. The number of methoxy groups -OCH3 is 2. The molecule has 3 aromatic carbocycles. The molecule has 0 fully saturated rings. The van der Waals surface area contributed by atoms with Gasteiger partial charge in [0.05, 0.1) is 19.8 Å². The van der Waals surface area contributed by atoms with Crippen LogP contribution in [0.5, 0.6) is 11.5 Å². The summed E-state index contributed by atoms with van der Waals surface area (Å²) in [6.07, 6.45) is -0.431. The molecule has 0 spiro atoms. The maximum atomic E-state index is 13.4. The summed E-state index contributed by atoms with van der Waals surface area (Å²) in [5.74, 6) is 1.16. The molecule has 1 aliphatic heterocycles. The molecule has 1 unspecified atom stereocenters. The first-order valence-electron chi connectivity index (χ1n) is 8.69. The second-order valence-electron chi connectivity index (χ2n) is 6.19. The van der Waals surface area contributed by atoms with Crippen LogP contribution in [0.2, 0.25) is 0 Å². The number of para-hydroxylation sites is 3. The number of carbonyl (C=O) groups excluding carboxylic acids is 1. The molecule has 1 N–H and O–H groups in total. The highest BCUT2D eigenvalue weighted by Crippen LogP contribution is 2.42. The third-order valence-electron chi connectivity index (χ3n) is 4.69. The van der Waals surface area contributed by atoms with E-state index in [1.54, 1.807) is 19.1 Å². The van der Waals surface area contributed by atoms with Gasteiger partial charge in [0.2, 0.25) is 0 Å². The van der Waals surface area contributed by atoms with Gasteiger partial charge in [-0.3, -0.25) is 9.69 Å². The van der Waals surface area contributed by atoms with Gasteiger partial charge in [0.1, 0.15) is 6.17 Å². The van der Waals surface area contributed by atoms with Gasteiger partial charge in [-0.25, -0.2) is 0 Å². The molecule has 136 valence electrons. The maximum Gasteiger partial charge on any atom is 0.262 e. The molecule has 0 saturated heterocycles. The summed E-state index contributed by atoms with van der Waals surface area (Å²) in [6.45, 7) is 0. The van der Waals surface area contributed by atoms with Gasteiger partial charge in [-0.15, -0.1) is 0 Å². The molecule has 1 amide bonds. The quantitative estimate of drug-likeness (QED) is 0.746. The summed E-state index contributed by atoms with van der Waals surface area (Å²) >= 11 is 0. The van der Waals surface area contributed by atoms with E-state index in [1.807, 2.05) is 72.8 Å². The molecule has 1 heterocycles. The van der Waals surface area contributed by atoms with Crippen molar-refractivity contribution < 1.29 is 14.3 Å². The number of rotatable bonds is 4. The number of ether oxygens (including phenoxy) is 2. The van der Waals surface area contributed by atoms with Crippen LogP contribution in [0, 0.1) is 0 Å². The van der Waals surface area contributed by atoms with E-state index < -0.39 is 6.17 Å². The number of amides is 1. The number of hydrogen-bond acceptors (Lipinski definition) is 4. The van der Waals surface area contributed by atoms with Crippen molar-refractivity contribution in [3.05, 3.63) is 83.9 Å². The van der Waals surface area contributed by atoms with Crippen molar-refractivity contribution in [2.45, 2.75) is 6.17 Å². The third-order valence-corrected chi connectivity index (χ3v) is 4.69. The fraction of sp³-hybridized carbons (Fsp3) is 0.136. The van der Waals surface area contributed by atoms with E-state index in [2.05, 4.69) is 5.32 Å². The van der Waals surface area contributed by atoms with Crippen LogP contribution < -0.4 is 19.7 Å². The smallest absolute Gasteiger partial charge is 0.262 e. The lowest BCUT2D eigenvalue weighted by molar-refractivity contribution is 0.0974. The molecular formula is C22H20N2O3. The minimum atomic E-state index is -0.431. The highest BCUT2D eigenvalue weighted by molar-refractivity contribution is 6.12. The van der Waals surface area contributed by atoms with Crippen molar-refractivity contribution in [1.82, 2.24) is 0 Å². The molecule has 1 atom stereocenters. The van der Waals surface area contributed by atoms with E-state index >= 15 is 0 Å². The van der Waals surface area contributed by atoms with Gasteiger partial charge in [-0.2, -0.15) is 0 Å². The molecule has 3 aromatic rings. The number of anilines is 2. The van der Waals surface area contributed by atoms with Gasteiger partial charge in [-0.05, 0) is 30.3 Å². The van der Waals surface area contributed by atoms with E-state index in [1.165, 1.54) is 0 Å². The van der Waals surface area contributed by atoms with E-state index in [4.69, 9.17) is 9.47 Å². The minimum absolute atomic E-state index is 0.0644. The molecule has 0 radical (unpaired) electrons. The van der Waals surface area contributed by atoms with Crippen LogP contribution in [0.15, 0.2) is 72.8 Å². The number of hydrogen-bond donors (Lipinski definition) is 1. The molecule has 0 bridgehead atoms. The van der Waals surface area contributed by atoms with Crippen LogP contribution in [-0.4, -0.2) is 20.1 Å². The summed E-state index contributed by atoms with van der Waals surface area (Å²) in [5.41, 5.74) is 3.06. The second kappa shape index (κ2) is 7.03. The first kappa shape index (κ1) is 17.0. The van der Waals surface area contributed by atoms with Crippen molar-refractivity contribution in [2.24, 2.45) is 0 Å². The Morgan fingerprint density at radius 1 is 0.852 bits per heavy atom. The van der Waals surface area contributed by atoms with E-state index in [0.717, 1.165) is 16.9 Å². The number of fused-ring (bicyclic) bond motifs is 1. The predicted octanol–water partition coefficient (Wildman–Crippen LogP) is 4.47. The van der Waals surface area contributed by atoms with Crippen molar-refractivity contribution in [2.75, 3.05) is 24.4 Å². The summed E-state index contributed by atoms with van der Waals surface area (Å²) in [7, 11) is 3.21. The van der Waals surface area contributed by atoms with Gasteiger partial charge >= 0.3 is 0 Å². The zero-order valence-corrected chi connectivity index (χ0v) is 15.2. The topological polar surface area (TPSA) is 50.8 Å². The first-order chi connectivity index (χ1) is 13.2.